The summed E-state index contributed by atoms with van der Waals surface area (Å²) in [7, 11) is 0. The Morgan fingerprint density at radius 3 is 2.67 bits per heavy atom. The number of fused-ring (bicyclic) bond motifs is 2. The molecule has 1 fully saturated rings. The van der Waals surface area contributed by atoms with Crippen LogP contribution in [0, 0.1) is 6.92 Å². The van der Waals surface area contributed by atoms with Crippen LogP contribution in [0.4, 0.5) is 5.13 Å². The van der Waals surface area contributed by atoms with E-state index in [1.54, 1.807) is 23.1 Å². The van der Waals surface area contributed by atoms with Gasteiger partial charge in [0.15, 0.2) is 16.6 Å². The standard InChI is InChI=1S/C23H24ClN3O4S.ClH/c1-15-12-17(24)14-20-21(15)25-23(32-20)27(5-4-26-6-8-29-9-7-26)22(28)16-2-3-18-19(13-16)31-11-10-30-18;/h2-3,12-14H,4-11H2,1H3;1H. The quantitative estimate of drug-likeness (QED) is 0.506. The van der Waals surface area contributed by atoms with Crippen LogP contribution >= 0.6 is 35.3 Å². The molecule has 1 saturated heterocycles. The zero-order valence-corrected chi connectivity index (χ0v) is 20.6. The number of hydrogen-bond acceptors (Lipinski definition) is 7. The molecule has 3 heterocycles. The van der Waals surface area contributed by atoms with E-state index >= 15 is 0 Å². The second kappa shape index (κ2) is 10.4. The first-order valence-corrected chi connectivity index (χ1v) is 11.9. The maximum absolute atomic E-state index is 13.7. The van der Waals surface area contributed by atoms with Gasteiger partial charge in [-0.1, -0.05) is 22.9 Å². The Morgan fingerprint density at radius 2 is 1.88 bits per heavy atom. The van der Waals surface area contributed by atoms with E-state index in [1.807, 2.05) is 19.1 Å². The smallest absolute Gasteiger partial charge is 0.260 e. The van der Waals surface area contributed by atoms with E-state index < -0.39 is 0 Å². The van der Waals surface area contributed by atoms with E-state index in [1.165, 1.54) is 11.3 Å². The normalized spacial score (nSPS) is 15.8. The molecule has 0 aliphatic carbocycles. The molecule has 0 atom stereocenters. The lowest BCUT2D eigenvalue weighted by Gasteiger charge is -2.29. The molecule has 33 heavy (non-hydrogen) atoms. The van der Waals surface area contributed by atoms with E-state index in [4.69, 9.17) is 30.8 Å². The molecular formula is C23H25Cl2N3O4S. The first-order chi connectivity index (χ1) is 15.6. The van der Waals surface area contributed by atoms with Crippen molar-refractivity contribution in [3.05, 3.63) is 46.5 Å². The first-order valence-electron chi connectivity index (χ1n) is 10.7. The van der Waals surface area contributed by atoms with E-state index in [9.17, 15) is 4.79 Å². The molecule has 0 saturated carbocycles. The Bertz CT molecular complexity index is 1150. The van der Waals surface area contributed by atoms with E-state index in [0.29, 0.717) is 47.0 Å². The number of ether oxygens (including phenoxy) is 3. The van der Waals surface area contributed by atoms with Crippen molar-refractivity contribution >= 4 is 56.6 Å². The summed E-state index contributed by atoms with van der Waals surface area (Å²) >= 11 is 7.74. The van der Waals surface area contributed by atoms with Gasteiger partial charge in [-0.05, 0) is 42.8 Å². The Balaban J connectivity index is 0.00000259. The summed E-state index contributed by atoms with van der Waals surface area (Å²) < 4.78 is 17.7. The van der Waals surface area contributed by atoms with Gasteiger partial charge in [0, 0.05) is 36.8 Å². The number of anilines is 1. The molecule has 1 amide bonds. The zero-order valence-electron chi connectivity index (χ0n) is 18.2. The molecule has 0 bridgehead atoms. The molecule has 2 aliphatic heterocycles. The van der Waals surface area contributed by atoms with Gasteiger partial charge in [-0.3, -0.25) is 14.6 Å². The van der Waals surface area contributed by atoms with Crippen LogP contribution in [0.5, 0.6) is 11.5 Å². The van der Waals surface area contributed by atoms with Crippen LogP contribution < -0.4 is 14.4 Å². The second-order valence-corrected chi connectivity index (χ2v) is 9.28. The fourth-order valence-corrected chi connectivity index (χ4v) is 5.39. The van der Waals surface area contributed by atoms with Crippen molar-refractivity contribution < 1.29 is 19.0 Å². The Labute approximate surface area is 207 Å². The molecule has 0 radical (unpaired) electrons. The predicted molar refractivity (Wildman–Crippen MR) is 133 cm³/mol. The number of morpholine rings is 1. The van der Waals surface area contributed by atoms with E-state index in [2.05, 4.69) is 4.90 Å². The average Bonchev–Trinajstić information content (AvgIpc) is 3.23. The van der Waals surface area contributed by atoms with Crippen molar-refractivity contribution in [1.82, 2.24) is 9.88 Å². The summed E-state index contributed by atoms with van der Waals surface area (Å²) in [4.78, 5) is 22.5. The number of carbonyl (C=O) groups is 1. The molecule has 0 spiro atoms. The van der Waals surface area contributed by atoms with Crippen LogP contribution in [0.2, 0.25) is 5.02 Å². The van der Waals surface area contributed by atoms with Crippen molar-refractivity contribution in [2.75, 3.05) is 57.5 Å². The highest BCUT2D eigenvalue weighted by Crippen LogP contribution is 2.35. The maximum Gasteiger partial charge on any atom is 0.260 e. The number of hydrogen-bond donors (Lipinski definition) is 0. The van der Waals surface area contributed by atoms with Crippen LogP contribution in [0.3, 0.4) is 0 Å². The van der Waals surface area contributed by atoms with Gasteiger partial charge in [-0.2, -0.15) is 0 Å². The molecule has 3 aromatic rings. The minimum Gasteiger partial charge on any atom is -0.486 e. The third-order valence-electron chi connectivity index (χ3n) is 5.65. The topological polar surface area (TPSA) is 64.1 Å². The lowest BCUT2D eigenvalue weighted by Crippen LogP contribution is -2.43. The van der Waals surface area contributed by atoms with E-state index in [0.717, 1.165) is 48.6 Å². The number of halogens is 2. The Kier molecular flexibility index (Phi) is 7.61. The summed E-state index contributed by atoms with van der Waals surface area (Å²) in [5.41, 5.74) is 2.42. The summed E-state index contributed by atoms with van der Waals surface area (Å²) in [6, 6.07) is 9.14. The highest BCUT2D eigenvalue weighted by Gasteiger charge is 2.25. The van der Waals surface area contributed by atoms with Crippen molar-refractivity contribution in [2.45, 2.75) is 6.92 Å². The summed E-state index contributed by atoms with van der Waals surface area (Å²) in [6.45, 7) is 7.40. The monoisotopic (exact) mass is 509 g/mol. The van der Waals surface area contributed by atoms with Crippen molar-refractivity contribution in [3.63, 3.8) is 0 Å². The number of benzene rings is 2. The largest absolute Gasteiger partial charge is 0.486 e. The van der Waals surface area contributed by atoms with Crippen molar-refractivity contribution in [2.24, 2.45) is 0 Å². The maximum atomic E-state index is 13.7. The summed E-state index contributed by atoms with van der Waals surface area (Å²) in [5, 5.41) is 1.33. The van der Waals surface area contributed by atoms with Gasteiger partial charge in [-0.15, -0.1) is 12.4 Å². The van der Waals surface area contributed by atoms with Crippen LogP contribution in [0.25, 0.3) is 10.2 Å². The van der Waals surface area contributed by atoms with Crippen LogP contribution in [0.1, 0.15) is 15.9 Å². The van der Waals surface area contributed by atoms with Crippen molar-refractivity contribution in [1.29, 1.82) is 0 Å². The molecule has 10 heteroatoms. The van der Waals surface area contributed by atoms with Gasteiger partial charge in [0.2, 0.25) is 0 Å². The molecule has 2 aliphatic rings. The molecule has 0 N–H and O–H groups in total. The van der Waals surface area contributed by atoms with Crippen molar-refractivity contribution in [3.8, 4) is 11.5 Å². The molecular weight excluding hydrogens is 485 g/mol. The molecule has 1 aromatic heterocycles. The lowest BCUT2D eigenvalue weighted by atomic mass is 10.1. The molecule has 0 unspecified atom stereocenters. The van der Waals surface area contributed by atoms with Crippen LogP contribution in [0.15, 0.2) is 30.3 Å². The number of rotatable bonds is 5. The van der Waals surface area contributed by atoms with Crippen LogP contribution in [-0.2, 0) is 4.74 Å². The average molecular weight is 510 g/mol. The summed E-state index contributed by atoms with van der Waals surface area (Å²) in [5.74, 6) is 1.15. The van der Waals surface area contributed by atoms with Gasteiger partial charge < -0.3 is 14.2 Å². The lowest BCUT2D eigenvalue weighted by molar-refractivity contribution is 0.0391. The zero-order chi connectivity index (χ0) is 22.1. The Hall–Kier alpha value is -2.10. The van der Waals surface area contributed by atoms with Gasteiger partial charge in [0.1, 0.15) is 13.2 Å². The first kappa shape index (κ1) is 24.0. The van der Waals surface area contributed by atoms with Gasteiger partial charge in [0.05, 0.1) is 23.4 Å². The number of aromatic nitrogens is 1. The van der Waals surface area contributed by atoms with Gasteiger partial charge in [-0.25, -0.2) is 4.98 Å². The predicted octanol–water partition coefficient (Wildman–Crippen LogP) is 4.43. The number of thiazole rings is 1. The number of amides is 1. The van der Waals surface area contributed by atoms with E-state index in [-0.39, 0.29) is 18.3 Å². The number of nitrogens with zero attached hydrogens (tertiary/aromatic N) is 3. The SMILES string of the molecule is Cc1cc(Cl)cc2sc(N(CCN3CCOCC3)C(=O)c3ccc4c(c3)OCCO4)nc12.Cl. The number of carbonyl (C=O) groups excluding carboxylic acids is 1. The van der Waals surface area contributed by atoms with Gasteiger partial charge >= 0.3 is 0 Å². The minimum atomic E-state index is -0.113. The molecule has 5 rings (SSSR count). The minimum absolute atomic E-state index is 0. The fourth-order valence-electron chi connectivity index (χ4n) is 3.94. The highest BCUT2D eigenvalue weighted by atomic mass is 35.5. The second-order valence-electron chi connectivity index (χ2n) is 7.84. The van der Waals surface area contributed by atoms with Gasteiger partial charge in [0.25, 0.3) is 5.91 Å². The third kappa shape index (κ3) is 5.20. The number of aryl methyl sites for hydroxylation is 1. The molecule has 176 valence electrons. The Morgan fingerprint density at radius 1 is 1.12 bits per heavy atom. The highest BCUT2D eigenvalue weighted by molar-refractivity contribution is 7.22. The molecule has 7 nitrogen and oxygen atoms in total. The fraction of sp³-hybridized carbons (Fsp3) is 0.391. The molecule has 2 aromatic carbocycles. The summed E-state index contributed by atoms with van der Waals surface area (Å²) in [6.07, 6.45) is 0. The third-order valence-corrected chi connectivity index (χ3v) is 6.89. The van der Waals surface area contributed by atoms with Crippen LogP contribution in [-0.4, -0.2) is 68.4 Å².